The highest BCUT2D eigenvalue weighted by molar-refractivity contribution is 5.41. The Morgan fingerprint density at radius 1 is 1.07 bits per heavy atom. The molecule has 0 aliphatic carbocycles. The fraction of sp³-hybridized carbons (Fsp3) is 0.364. The molecule has 146 valence electrons. The van der Waals surface area contributed by atoms with E-state index in [-0.39, 0.29) is 5.92 Å². The third-order valence-corrected chi connectivity index (χ3v) is 4.79. The zero-order chi connectivity index (χ0) is 19.5. The zero-order valence-electron chi connectivity index (χ0n) is 16.2. The van der Waals surface area contributed by atoms with Gasteiger partial charge in [-0.2, -0.15) is 10.8 Å². The fourth-order valence-electron chi connectivity index (χ4n) is 3.35. The van der Waals surface area contributed by atoms with E-state index in [1.165, 1.54) is 5.56 Å². The van der Waals surface area contributed by atoms with E-state index in [1.54, 1.807) is 6.20 Å². The van der Waals surface area contributed by atoms with Crippen LogP contribution in [0.1, 0.15) is 36.5 Å². The Bertz CT molecular complexity index is 687. The van der Waals surface area contributed by atoms with Crippen LogP contribution in [0, 0.1) is 0 Å². The topological polar surface area (TPSA) is 70.8 Å². The Hall–Kier alpha value is -2.18. The monoisotopic (exact) mass is 369 g/mol. The molecule has 0 aliphatic heterocycles. The molecule has 2 rings (SSSR count). The fourth-order valence-corrected chi connectivity index (χ4v) is 3.35. The second kappa shape index (κ2) is 11.5. The Labute approximate surface area is 162 Å². The third kappa shape index (κ3) is 6.48. The van der Waals surface area contributed by atoms with E-state index in [2.05, 4.69) is 53.4 Å². The van der Waals surface area contributed by atoms with Crippen molar-refractivity contribution in [2.45, 2.75) is 32.3 Å². The van der Waals surface area contributed by atoms with Crippen LogP contribution in [0.15, 0.2) is 66.9 Å². The molecule has 0 saturated heterocycles. The van der Waals surface area contributed by atoms with Crippen LogP contribution in [0.2, 0.25) is 0 Å². The Morgan fingerprint density at radius 3 is 2.41 bits per heavy atom. The van der Waals surface area contributed by atoms with Crippen molar-refractivity contribution in [1.29, 1.82) is 0 Å². The molecular formula is C22H31N3O2. The van der Waals surface area contributed by atoms with Crippen molar-refractivity contribution in [3.05, 3.63) is 83.6 Å². The third-order valence-electron chi connectivity index (χ3n) is 4.79. The summed E-state index contributed by atoms with van der Waals surface area (Å²) in [6.45, 7) is 6.79. The average molecular weight is 370 g/mol. The summed E-state index contributed by atoms with van der Waals surface area (Å²) in [5.41, 5.74) is 6.03. The van der Waals surface area contributed by atoms with Crippen LogP contribution in [-0.4, -0.2) is 35.7 Å². The van der Waals surface area contributed by atoms with Gasteiger partial charge in [0, 0.05) is 18.7 Å². The first-order chi connectivity index (χ1) is 13.2. The largest absolute Gasteiger partial charge is 0.391 e. The number of aliphatic hydroxyl groups is 1. The van der Waals surface area contributed by atoms with Gasteiger partial charge in [0.2, 0.25) is 0 Å². The minimum atomic E-state index is -0.406. The average Bonchev–Trinajstić information content (AvgIpc) is 2.71. The molecule has 0 saturated carbocycles. The first-order valence-electron chi connectivity index (χ1n) is 9.50. The van der Waals surface area contributed by atoms with Crippen molar-refractivity contribution in [2.75, 3.05) is 19.6 Å². The van der Waals surface area contributed by atoms with Crippen molar-refractivity contribution in [3.63, 3.8) is 0 Å². The van der Waals surface area contributed by atoms with E-state index in [1.807, 2.05) is 36.4 Å². The van der Waals surface area contributed by atoms with Gasteiger partial charge in [0.15, 0.2) is 0 Å². The highest BCUT2D eigenvalue weighted by Gasteiger charge is 2.17. The van der Waals surface area contributed by atoms with Gasteiger partial charge < -0.3 is 10.0 Å². The quantitative estimate of drug-likeness (QED) is 0.531. The van der Waals surface area contributed by atoms with Crippen LogP contribution in [0.4, 0.5) is 0 Å². The number of rotatable bonds is 11. The molecule has 27 heavy (non-hydrogen) atoms. The number of allylic oxidation sites excluding steroid dienone is 1. The standard InChI is InChI=1S/C22H31N3O2/c1-3-25(4-2)17-20(26)16-19-12-8-9-13-21(19)22(14-15-24-27-23)18-10-6-5-7-11-18/h5-15,20,22,24,26H,3-4,16-17,23H2,1-2H3. The Morgan fingerprint density at radius 2 is 1.74 bits per heavy atom. The molecule has 0 fully saturated rings. The number of hydroxylamine groups is 1. The Balaban J connectivity index is 2.28. The number of nitrogens with two attached hydrogens (primary N) is 1. The lowest BCUT2D eigenvalue weighted by Gasteiger charge is -2.24. The van der Waals surface area contributed by atoms with Gasteiger partial charge in [-0.3, -0.25) is 5.48 Å². The van der Waals surface area contributed by atoms with Gasteiger partial charge in [-0.1, -0.05) is 74.5 Å². The van der Waals surface area contributed by atoms with Crippen LogP contribution in [-0.2, 0) is 11.4 Å². The molecule has 0 bridgehead atoms. The van der Waals surface area contributed by atoms with Gasteiger partial charge in [-0.15, -0.1) is 0 Å². The molecule has 5 heteroatoms. The van der Waals surface area contributed by atoms with E-state index < -0.39 is 6.10 Å². The van der Waals surface area contributed by atoms with E-state index in [0.717, 1.165) is 24.2 Å². The van der Waals surface area contributed by atoms with Crippen molar-refractivity contribution in [2.24, 2.45) is 5.90 Å². The number of likely N-dealkylation sites (N-methyl/N-ethyl adjacent to an activating group) is 1. The van der Waals surface area contributed by atoms with Crippen LogP contribution in [0.3, 0.4) is 0 Å². The van der Waals surface area contributed by atoms with Gasteiger partial charge >= 0.3 is 0 Å². The van der Waals surface area contributed by atoms with Gasteiger partial charge in [-0.05, 0) is 36.2 Å². The summed E-state index contributed by atoms with van der Waals surface area (Å²) in [6.07, 6.45) is 3.92. The summed E-state index contributed by atoms with van der Waals surface area (Å²) in [7, 11) is 0. The number of aliphatic hydroxyl groups excluding tert-OH is 1. The first kappa shape index (κ1) is 21.1. The smallest absolute Gasteiger partial charge is 0.0707 e. The second-order valence-electron chi connectivity index (χ2n) is 6.53. The van der Waals surface area contributed by atoms with Gasteiger partial charge in [0.25, 0.3) is 0 Å². The molecular weight excluding hydrogens is 338 g/mol. The number of nitrogens with one attached hydrogen (secondary N) is 1. The van der Waals surface area contributed by atoms with E-state index in [9.17, 15) is 5.11 Å². The maximum Gasteiger partial charge on any atom is 0.0707 e. The summed E-state index contributed by atoms with van der Waals surface area (Å²) in [5, 5.41) is 10.6. The molecule has 0 aliphatic rings. The van der Waals surface area contributed by atoms with Gasteiger partial charge in [-0.25, -0.2) is 0 Å². The molecule has 2 unspecified atom stereocenters. The van der Waals surface area contributed by atoms with Crippen molar-refractivity contribution < 1.29 is 10.0 Å². The number of hydrogen-bond donors (Lipinski definition) is 3. The number of nitrogens with zero attached hydrogens (tertiary/aromatic N) is 1. The van der Waals surface area contributed by atoms with Crippen LogP contribution in [0.25, 0.3) is 0 Å². The number of benzene rings is 2. The summed E-state index contributed by atoms with van der Waals surface area (Å²) in [5.74, 6) is 5.09. The van der Waals surface area contributed by atoms with Crippen molar-refractivity contribution in [1.82, 2.24) is 10.4 Å². The maximum atomic E-state index is 10.6. The Kier molecular flexibility index (Phi) is 9.01. The second-order valence-corrected chi connectivity index (χ2v) is 6.53. The van der Waals surface area contributed by atoms with Crippen molar-refractivity contribution in [3.8, 4) is 0 Å². The predicted molar refractivity (Wildman–Crippen MR) is 110 cm³/mol. The summed E-state index contributed by atoms with van der Waals surface area (Å²) in [6, 6.07) is 18.5. The first-order valence-corrected chi connectivity index (χ1v) is 9.50. The lowest BCUT2D eigenvalue weighted by molar-refractivity contribution is 0.0720. The maximum absolute atomic E-state index is 10.6. The zero-order valence-corrected chi connectivity index (χ0v) is 16.2. The molecule has 0 spiro atoms. The molecule has 0 radical (unpaired) electrons. The molecule has 5 nitrogen and oxygen atoms in total. The summed E-state index contributed by atoms with van der Waals surface area (Å²) < 4.78 is 0. The van der Waals surface area contributed by atoms with Crippen LogP contribution in [0.5, 0.6) is 0 Å². The van der Waals surface area contributed by atoms with Gasteiger partial charge in [0.1, 0.15) is 0 Å². The van der Waals surface area contributed by atoms with Crippen molar-refractivity contribution >= 4 is 0 Å². The molecule has 2 aromatic carbocycles. The minimum Gasteiger partial charge on any atom is -0.391 e. The molecule has 0 amide bonds. The number of hydrogen-bond acceptors (Lipinski definition) is 5. The molecule has 0 heterocycles. The van der Waals surface area contributed by atoms with Crippen LogP contribution >= 0.6 is 0 Å². The lowest BCUT2D eigenvalue weighted by atomic mass is 9.86. The van der Waals surface area contributed by atoms with E-state index >= 15 is 0 Å². The molecule has 2 atom stereocenters. The summed E-state index contributed by atoms with van der Waals surface area (Å²) >= 11 is 0. The van der Waals surface area contributed by atoms with Gasteiger partial charge in [0.05, 0.1) is 6.10 Å². The van der Waals surface area contributed by atoms with Crippen LogP contribution < -0.4 is 11.4 Å². The van der Waals surface area contributed by atoms with E-state index in [4.69, 9.17) is 5.90 Å². The summed E-state index contributed by atoms with van der Waals surface area (Å²) in [4.78, 5) is 6.69. The molecule has 0 aromatic heterocycles. The highest BCUT2D eigenvalue weighted by Crippen LogP contribution is 2.29. The lowest BCUT2D eigenvalue weighted by Crippen LogP contribution is -2.33. The SMILES string of the molecule is CCN(CC)CC(O)Cc1ccccc1C(C=CNON)c1ccccc1. The minimum absolute atomic E-state index is 0.0331. The molecule has 2 aromatic rings. The predicted octanol–water partition coefficient (Wildman–Crippen LogP) is 2.97. The van der Waals surface area contributed by atoms with E-state index in [0.29, 0.717) is 13.0 Å². The highest BCUT2D eigenvalue weighted by atomic mass is 16.8. The normalized spacial score (nSPS) is 13.8. The molecule has 4 N–H and O–H groups in total.